The molecule has 4 rings (SSSR count). The molecule has 1 saturated heterocycles. The first-order valence-electron chi connectivity index (χ1n) is 8.63. The molecule has 136 valence electrons. The molecule has 1 aliphatic rings. The van der Waals surface area contributed by atoms with E-state index in [2.05, 4.69) is 16.7 Å². The first-order valence-corrected chi connectivity index (χ1v) is 9.86. The molecule has 0 aliphatic carbocycles. The van der Waals surface area contributed by atoms with Crippen LogP contribution in [0.3, 0.4) is 0 Å². The van der Waals surface area contributed by atoms with E-state index in [0.717, 1.165) is 27.9 Å². The molecule has 0 atom stereocenters. The number of aromatic nitrogens is 1. The second-order valence-corrected chi connectivity index (χ2v) is 7.83. The average molecular weight is 395 g/mol. The van der Waals surface area contributed by atoms with Gasteiger partial charge in [-0.1, -0.05) is 42.2 Å². The summed E-state index contributed by atoms with van der Waals surface area (Å²) in [6.07, 6.45) is 3.96. The number of thioether (sulfide) groups is 1. The van der Waals surface area contributed by atoms with Gasteiger partial charge in [0.2, 0.25) is 0 Å². The summed E-state index contributed by atoms with van der Waals surface area (Å²) in [5, 5.41) is 1.12. The SMILES string of the molecule is CCOc1ccc(N2C(=O)C(=Cc3cn(C)c4ccccc34)SC2=S)cc1. The van der Waals surface area contributed by atoms with Gasteiger partial charge in [-0.15, -0.1) is 0 Å². The van der Waals surface area contributed by atoms with Gasteiger partial charge in [-0.2, -0.15) is 0 Å². The van der Waals surface area contributed by atoms with Crippen LogP contribution in [0.5, 0.6) is 5.75 Å². The molecular formula is C21H18N2O2S2. The molecule has 0 unspecified atom stereocenters. The number of nitrogens with zero attached hydrogens (tertiary/aromatic N) is 2. The Kier molecular flexibility index (Phi) is 4.76. The van der Waals surface area contributed by atoms with E-state index < -0.39 is 0 Å². The maximum absolute atomic E-state index is 13.0. The Morgan fingerprint density at radius 3 is 2.63 bits per heavy atom. The first kappa shape index (κ1) is 17.8. The minimum absolute atomic E-state index is 0.0953. The summed E-state index contributed by atoms with van der Waals surface area (Å²) in [4.78, 5) is 15.2. The highest BCUT2D eigenvalue weighted by atomic mass is 32.2. The monoisotopic (exact) mass is 394 g/mol. The lowest BCUT2D eigenvalue weighted by Crippen LogP contribution is -2.27. The number of carbonyl (C=O) groups excluding carboxylic acids is 1. The molecule has 0 spiro atoms. The van der Waals surface area contributed by atoms with Crippen molar-refractivity contribution in [3.8, 4) is 5.75 Å². The number of thiocarbonyl (C=S) groups is 1. The van der Waals surface area contributed by atoms with Crippen LogP contribution in [0.15, 0.2) is 59.6 Å². The Morgan fingerprint density at radius 1 is 1.15 bits per heavy atom. The highest BCUT2D eigenvalue weighted by molar-refractivity contribution is 8.27. The van der Waals surface area contributed by atoms with E-state index in [9.17, 15) is 4.79 Å². The fourth-order valence-electron chi connectivity index (χ4n) is 3.18. The lowest BCUT2D eigenvalue weighted by atomic mass is 10.1. The van der Waals surface area contributed by atoms with Crippen molar-refractivity contribution >= 4 is 56.9 Å². The number of amides is 1. The van der Waals surface area contributed by atoms with E-state index in [-0.39, 0.29) is 5.91 Å². The van der Waals surface area contributed by atoms with E-state index in [1.807, 2.05) is 62.6 Å². The van der Waals surface area contributed by atoms with Crippen LogP contribution in [0.25, 0.3) is 17.0 Å². The molecule has 0 saturated carbocycles. The zero-order valence-corrected chi connectivity index (χ0v) is 16.6. The van der Waals surface area contributed by atoms with Crippen LogP contribution >= 0.6 is 24.0 Å². The topological polar surface area (TPSA) is 34.5 Å². The molecule has 2 heterocycles. The predicted octanol–water partition coefficient (Wildman–Crippen LogP) is 4.98. The lowest BCUT2D eigenvalue weighted by molar-refractivity contribution is -0.113. The minimum Gasteiger partial charge on any atom is -0.494 e. The molecule has 4 nitrogen and oxygen atoms in total. The van der Waals surface area contributed by atoms with E-state index >= 15 is 0 Å². The summed E-state index contributed by atoms with van der Waals surface area (Å²) in [6, 6.07) is 15.6. The number of hydrogen-bond donors (Lipinski definition) is 0. The van der Waals surface area contributed by atoms with Crippen molar-refractivity contribution in [3.63, 3.8) is 0 Å². The number of anilines is 1. The maximum Gasteiger partial charge on any atom is 0.270 e. The standard InChI is InChI=1S/C21H18N2O2S2/c1-3-25-16-10-8-15(9-11-16)23-20(24)19(27-21(23)26)12-14-13-22(2)18-7-5-4-6-17(14)18/h4-13H,3H2,1-2H3. The Hall–Kier alpha value is -2.57. The van der Waals surface area contributed by atoms with Crippen LogP contribution in [0.4, 0.5) is 5.69 Å². The minimum atomic E-state index is -0.0953. The van der Waals surface area contributed by atoms with Gasteiger partial charge in [0.15, 0.2) is 4.32 Å². The van der Waals surface area contributed by atoms with Gasteiger partial charge >= 0.3 is 0 Å². The molecular weight excluding hydrogens is 376 g/mol. The van der Waals surface area contributed by atoms with E-state index in [4.69, 9.17) is 17.0 Å². The molecule has 1 fully saturated rings. The van der Waals surface area contributed by atoms with Gasteiger partial charge in [-0.3, -0.25) is 9.69 Å². The number of para-hydroxylation sites is 1. The number of benzene rings is 2. The largest absolute Gasteiger partial charge is 0.494 e. The number of aryl methyl sites for hydroxylation is 1. The summed E-state index contributed by atoms with van der Waals surface area (Å²) in [6.45, 7) is 2.54. The normalized spacial score (nSPS) is 15.9. The molecule has 1 aromatic heterocycles. The Bertz CT molecular complexity index is 1070. The van der Waals surface area contributed by atoms with Gasteiger partial charge in [-0.25, -0.2) is 0 Å². The molecule has 2 aromatic carbocycles. The van der Waals surface area contributed by atoms with Crippen molar-refractivity contribution in [3.05, 3.63) is 65.2 Å². The molecule has 0 N–H and O–H groups in total. The smallest absolute Gasteiger partial charge is 0.270 e. The quantitative estimate of drug-likeness (QED) is 0.462. The third kappa shape index (κ3) is 3.26. The number of hydrogen-bond acceptors (Lipinski definition) is 4. The van der Waals surface area contributed by atoms with Crippen molar-refractivity contribution in [1.29, 1.82) is 0 Å². The predicted molar refractivity (Wildman–Crippen MR) is 116 cm³/mol. The Labute approximate surface area is 167 Å². The fourth-order valence-corrected chi connectivity index (χ4v) is 4.47. The van der Waals surface area contributed by atoms with E-state index in [0.29, 0.717) is 15.8 Å². The van der Waals surface area contributed by atoms with Crippen LogP contribution in [-0.2, 0) is 11.8 Å². The molecule has 0 radical (unpaired) electrons. The van der Waals surface area contributed by atoms with Gasteiger partial charge < -0.3 is 9.30 Å². The third-order valence-electron chi connectivity index (χ3n) is 4.41. The number of ether oxygens (including phenoxy) is 1. The molecule has 3 aromatic rings. The number of carbonyl (C=O) groups is 1. The Balaban J connectivity index is 1.67. The Morgan fingerprint density at radius 2 is 1.89 bits per heavy atom. The van der Waals surface area contributed by atoms with E-state index in [1.165, 1.54) is 11.8 Å². The molecule has 6 heteroatoms. The van der Waals surface area contributed by atoms with Crippen LogP contribution in [0.1, 0.15) is 12.5 Å². The van der Waals surface area contributed by atoms with Gasteiger partial charge in [0.25, 0.3) is 5.91 Å². The van der Waals surface area contributed by atoms with Crippen LogP contribution in [0, 0.1) is 0 Å². The average Bonchev–Trinajstić information content (AvgIpc) is 3.13. The maximum atomic E-state index is 13.0. The fraction of sp³-hybridized carbons (Fsp3) is 0.143. The molecule has 27 heavy (non-hydrogen) atoms. The van der Waals surface area contributed by atoms with Crippen molar-refractivity contribution in [2.45, 2.75) is 6.92 Å². The zero-order valence-electron chi connectivity index (χ0n) is 15.0. The van der Waals surface area contributed by atoms with E-state index in [1.54, 1.807) is 4.90 Å². The van der Waals surface area contributed by atoms with Crippen LogP contribution in [0.2, 0.25) is 0 Å². The van der Waals surface area contributed by atoms with Gasteiger partial charge in [-0.05, 0) is 43.3 Å². The first-order chi connectivity index (χ1) is 13.1. The second kappa shape index (κ2) is 7.21. The van der Waals surface area contributed by atoms with Crippen LogP contribution < -0.4 is 9.64 Å². The van der Waals surface area contributed by atoms with Gasteiger partial charge in [0.1, 0.15) is 5.75 Å². The summed E-state index contributed by atoms with van der Waals surface area (Å²) >= 11 is 6.80. The second-order valence-electron chi connectivity index (χ2n) is 6.16. The van der Waals surface area contributed by atoms with Gasteiger partial charge in [0, 0.05) is 29.7 Å². The number of rotatable bonds is 4. The van der Waals surface area contributed by atoms with Crippen molar-refractivity contribution in [2.24, 2.45) is 7.05 Å². The van der Waals surface area contributed by atoms with Crippen molar-refractivity contribution in [1.82, 2.24) is 4.57 Å². The summed E-state index contributed by atoms with van der Waals surface area (Å²) in [5.41, 5.74) is 2.90. The highest BCUT2D eigenvalue weighted by Crippen LogP contribution is 2.37. The van der Waals surface area contributed by atoms with Crippen molar-refractivity contribution in [2.75, 3.05) is 11.5 Å². The molecule has 1 aliphatic heterocycles. The summed E-state index contributed by atoms with van der Waals surface area (Å²) in [7, 11) is 2.00. The number of fused-ring (bicyclic) bond motifs is 1. The highest BCUT2D eigenvalue weighted by Gasteiger charge is 2.33. The van der Waals surface area contributed by atoms with Crippen molar-refractivity contribution < 1.29 is 9.53 Å². The third-order valence-corrected chi connectivity index (χ3v) is 5.72. The lowest BCUT2D eigenvalue weighted by Gasteiger charge is -2.15. The zero-order chi connectivity index (χ0) is 19.0. The van der Waals surface area contributed by atoms with Crippen LogP contribution in [-0.4, -0.2) is 21.4 Å². The molecule has 0 bridgehead atoms. The van der Waals surface area contributed by atoms with Gasteiger partial charge in [0.05, 0.1) is 17.2 Å². The summed E-state index contributed by atoms with van der Waals surface area (Å²) < 4.78 is 8.07. The molecule has 1 amide bonds. The summed E-state index contributed by atoms with van der Waals surface area (Å²) in [5.74, 6) is 0.681.